The number of aryl methyl sites for hydroxylation is 1. The van der Waals surface area contributed by atoms with Crippen LogP contribution in [-0.2, 0) is 26.1 Å². The molecule has 0 aliphatic heterocycles. The molecule has 228 valence electrons. The first-order valence-corrected chi connectivity index (χ1v) is 13.9. The van der Waals surface area contributed by atoms with Crippen LogP contribution in [0.3, 0.4) is 0 Å². The van der Waals surface area contributed by atoms with Crippen molar-refractivity contribution in [1.29, 1.82) is 0 Å². The number of amides is 1. The summed E-state index contributed by atoms with van der Waals surface area (Å²) in [6.07, 6.45) is 4.58. The number of hydrogen-bond acceptors (Lipinski definition) is 10. The first-order chi connectivity index (χ1) is 20.2. The third kappa shape index (κ3) is 9.17. The molecule has 0 aliphatic carbocycles. The highest BCUT2D eigenvalue weighted by Crippen LogP contribution is 2.12. The van der Waals surface area contributed by atoms with E-state index in [0.717, 1.165) is 29.5 Å². The quantitative estimate of drug-likeness (QED) is 0.0798. The molecule has 0 bridgehead atoms. The fourth-order valence-corrected chi connectivity index (χ4v) is 4.47. The van der Waals surface area contributed by atoms with E-state index >= 15 is 0 Å². The molecule has 13 nitrogen and oxygen atoms in total. The summed E-state index contributed by atoms with van der Waals surface area (Å²) in [4.78, 5) is 39.2. The maximum absolute atomic E-state index is 12.7. The van der Waals surface area contributed by atoms with Gasteiger partial charge in [0.1, 0.15) is 0 Å². The van der Waals surface area contributed by atoms with Crippen LogP contribution in [0.1, 0.15) is 27.9 Å². The van der Waals surface area contributed by atoms with E-state index in [2.05, 4.69) is 15.5 Å². The van der Waals surface area contributed by atoms with Gasteiger partial charge < -0.3 is 50.8 Å². The van der Waals surface area contributed by atoms with Crippen molar-refractivity contribution in [3.8, 4) is 11.5 Å². The normalized spacial score (nSPS) is 11.2. The van der Waals surface area contributed by atoms with Gasteiger partial charge in [-0.1, -0.05) is 12.1 Å². The number of benzene rings is 1. The van der Waals surface area contributed by atoms with Crippen molar-refractivity contribution in [1.82, 2.24) is 24.7 Å². The van der Waals surface area contributed by atoms with Crippen LogP contribution in [0.2, 0.25) is 0 Å². The average molecular weight is 585 g/mol. The van der Waals surface area contributed by atoms with Crippen LogP contribution in [0.25, 0.3) is 0 Å². The van der Waals surface area contributed by atoms with Crippen molar-refractivity contribution in [2.45, 2.75) is 32.5 Å². The van der Waals surface area contributed by atoms with E-state index in [4.69, 9.17) is 15.9 Å². The number of nitrogen functional groups attached to an aromatic ring is 1. The molecule has 2 heterocycles. The monoisotopic (exact) mass is 584 g/mol. The molecular formula is C29H40N6O7. The van der Waals surface area contributed by atoms with Crippen LogP contribution in [0.15, 0.2) is 58.4 Å². The van der Waals surface area contributed by atoms with Gasteiger partial charge >= 0.3 is 0 Å². The van der Waals surface area contributed by atoms with Crippen molar-refractivity contribution in [3.63, 3.8) is 0 Å². The molecule has 0 saturated heterocycles. The van der Waals surface area contributed by atoms with Gasteiger partial charge in [0.15, 0.2) is 11.5 Å². The number of nitrogens with two attached hydrogens (primary N) is 1. The van der Waals surface area contributed by atoms with Gasteiger partial charge in [-0.3, -0.25) is 14.4 Å². The SMILES string of the molecule is Nc1ccc(CCCN(CCNCc2ccn(CCO)c(=O)c2O)CCNC(=O)c2ccn(CCO)c(=O)c2O)cc1. The number of aliphatic hydroxyl groups excluding tert-OH is 2. The predicted octanol–water partition coefficient (Wildman–Crippen LogP) is -0.558. The number of aromatic hydroxyl groups is 2. The number of rotatable bonds is 17. The number of aliphatic hydroxyl groups is 2. The lowest BCUT2D eigenvalue weighted by Gasteiger charge is -2.23. The van der Waals surface area contributed by atoms with Crippen molar-refractivity contribution in [3.05, 3.63) is 86.2 Å². The summed E-state index contributed by atoms with van der Waals surface area (Å²) in [6, 6.07) is 10.7. The lowest BCUT2D eigenvalue weighted by Crippen LogP contribution is -2.39. The maximum atomic E-state index is 12.7. The van der Waals surface area contributed by atoms with Crippen molar-refractivity contribution in [2.24, 2.45) is 0 Å². The summed E-state index contributed by atoms with van der Waals surface area (Å²) in [5.74, 6) is -1.60. The van der Waals surface area contributed by atoms with Crippen LogP contribution in [0, 0.1) is 0 Å². The van der Waals surface area contributed by atoms with Crippen molar-refractivity contribution >= 4 is 11.6 Å². The van der Waals surface area contributed by atoms with E-state index < -0.39 is 22.8 Å². The molecule has 2 aromatic heterocycles. The lowest BCUT2D eigenvalue weighted by molar-refractivity contribution is 0.0945. The second-order valence-electron chi connectivity index (χ2n) is 9.83. The minimum atomic E-state index is -0.746. The molecule has 0 spiro atoms. The number of anilines is 1. The largest absolute Gasteiger partial charge is 0.503 e. The summed E-state index contributed by atoms with van der Waals surface area (Å²) in [5, 5.41) is 44.5. The minimum absolute atomic E-state index is 0.0132. The van der Waals surface area contributed by atoms with Crippen LogP contribution >= 0.6 is 0 Å². The highest BCUT2D eigenvalue weighted by molar-refractivity contribution is 5.96. The number of pyridine rings is 2. The zero-order valence-corrected chi connectivity index (χ0v) is 23.5. The van der Waals surface area contributed by atoms with E-state index in [0.29, 0.717) is 30.9 Å². The fourth-order valence-electron chi connectivity index (χ4n) is 4.47. The predicted molar refractivity (Wildman–Crippen MR) is 159 cm³/mol. The molecule has 0 atom stereocenters. The third-order valence-corrected chi connectivity index (χ3v) is 6.84. The Morgan fingerprint density at radius 2 is 1.45 bits per heavy atom. The Kier molecular flexibility index (Phi) is 12.6. The standard InChI is InChI=1S/C29H40N6O7/c30-23-5-3-21(4-6-23)2-1-11-33(14-9-31-20-22-7-12-34(16-18-36)28(41)25(22)38)15-10-32-27(40)24-8-13-35(17-19-37)29(42)26(24)39/h3-8,12-13,31,36-39H,1-2,9-11,14-20,30H2,(H,32,40). The Labute approximate surface area is 243 Å². The molecule has 0 saturated carbocycles. The molecule has 0 radical (unpaired) electrons. The summed E-state index contributed by atoms with van der Waals surface area (Å²) >= 11 is 0. The smallest absolute Gasteiger partial charge is 0.293 e. The maximum Gasteiger partial charge on any atom is 0.293 e. The molecule has 0 unspecified atom stereocenters. The van der Waals surface area contributed by atoms with Gasteiger partial charge in [-0.25, -0.2) is 0 Å². The summed E-state index contributed by atoms with van der Waals surface area (Å²) < 4.78 is 2.37. The van der Waals surface area contributed by atoms with Gasteiger partial charge in [0.05, 0.1) is 18.8 Å². The summed E-state index contributed by atoms with van der Waals surface area (Å²) in [7, 11) is 0. The molecule has 13 heteroatoms. The molecular weight excluding hydrogens is 544 g/mol. The van der Waals surface area contributed by atoms with Gasteiger partial charge in [0.2, 0.25) is 0 Å². The second kappa shape index (κ2) is 16.3. The van der Waals surface area contributed by atoms with E-state index in [-0.39, 0.29) is 50.7 Å². The van der Waals surface area contributed by atoms with E-state index in [1.807, 2.05) is 24.3 Å². The molecule has 1 amide bonds. The highest BCUT2D eigenvalue weighted by atomic mass is 16.3. The number of aromatic nitrogens is 2. The lowest BCUT2D eigenvalue weighted by atomic mass is 10.1. The van der Waals surface area contributed by atoms with Crippen molar-refractivity contribution < 1.29 is 25.2 Å². The van der Waals surface area contributed by atoms with E-state index in [1.54, 1.807) is 6.07 Å². The molecule has 3 aromatic rings. The Morgan fingerprint density at radius 1 is 0.833 bits per heavy atom. The second-order valence-corrected chi connectivity index (χ2v) is 9.83. The Bertz CT molecular complexity index is 1420. The van der Waals surface area contributed by atoms with E-state index in [9.17, 15) is 24.6 Å². The topological polar surface area (TPSA) is 195 Å². The van der Waals surface area contributed by atoms with Crippen LogP contribution in [-0.4, -0.2) is 86.3 Å². The van der Waals surface area contributed by atoms with Crippen LogP contribution in [0.4, 0.5) is 5.69 Å². The number of carbonyl (C=O) groups excluding carboxylic acids is 1. The third-order valence-electron chi connectivity index (χ3n) is 6.84. The Balaban J connectivity index is 1.56. The van der Waals surface area contributed by atoms with Gasteiger partial charge in [0, 0.05) is 69.5 Å². The van der Waals surface area contributed by atoms with Gasteiger partial charge in [-0.2, -0.15) is 0 Å². The zero-order valence-electron chi connectivity index (χ0n) is 23.5. The van der Waals surface area contributed by atoms with Crippen LogP contribution in [0.5, 0.6) is 11.5 Å². The molecule has 42 heavy (non-hydrogen) atoms. The van der Waals surface area contributed by atoms with E-state index in [1.165, 1.54) is 23.0 Å². The van der Waals surface area contributed by atoms with Crippen molar-refractivity contribution in [2.75, 3.05) is 51.7 Å². The molecule has 0 fully saturated rings. The molecule has 8 N–H and O–H groups in total. The Morgan fingerprint density at radius 3 is 2.12 bits per heavy atom. The van der Waals surface area contributed by atoms with Gasteiger partial charge in [-0.05, 0) is 49.2 Å². The first-order valence-electron chi connectivity index (χ1n) is 13.9. The Hall–Kier alpha value is -4.17. The number of nitrogens with zero attached hydrogens (tertiary/aromatic N) is 3. The first kappa shape index (κ1) is 32.3. The molecule has 0 aliphatic rings. The number of hydrogen-bond donors (Lipinski definition) is 7. The van der Waals surface area contributed by atoms with Gasteiger partial charge in [-0.15, -0.1) is 0 Å². The highest BCUT2D eigenvalue weighted by Gasteiger charge is 2.16. The molecule has 3 rings (SSSR count). The zero-order chi connectivity index (χ0) is 30.5. The number of carbonyl (C=O) groups is 1. The summed E-state index contributed by atoms with van der Waals surface area (Å²) in [5.41, 5.74) is 6.66. The summed E-state index contributed by atoms with van der Waals surface area (Å²) in [6.45, 7) is 2.57. The van der Waals surface area contributed by atoms with Gasteiger partial charge in [0.25, 0.3) is 17.0 Å². The molecule has 1 aromatic carbocycles. The fraction of sp³-hybridized carbons (Fsp3) is 0.414. The minimum Gasteiger partial charge on any atom is -0.503 e. The van der Waals surface area contributed by atoms with Crippen LogP contribution < -0.4 is 27.5 Å². The average Bonchev–Trinajstić information content (AvgIpc) is 2.98. The number of nitrogens with one attached hydrogen (secondary N) is 2.